The Labute approximate surface area is 97.1 Å². The minimum atomic E-state index is -3.15. The molecular formula is C7H8NO2SY-. The van der Waals surface area contributed by atoms with Gasteiger partial charge in [0.25, 0.3) is 0 Å². The van der Waals surface area contributed by atoms with Gasteiger partial charge in [0.15, 0.2) is 9.84 Å². The summed E-state index contributed by atoms with van der Waals surface area (Å²) < 4.78 is 21.8. The molecule has 1 N–H and O–H groups in total. The molecule has 0 atom stereocenters. The minimum absolute atomic E-state index is 0. The smallest absolute Gasteiger partial charge is 0.175 e. The summed E-state index contributed by atoms with van der Waals surface area (Å²) in [6.07, 6.45) is 1.13. The third-order valence-electron chi connectivity index (χ3n) is 1.26. The first-order valence-electron chi connectivity index (χ1n) is 3.02. The van der Waals surface area contributed by atoms with Gasteiger partial charge < -0.3 is 5.73 Å². The van der Waals surface area contributed by atoms with Crippen LogP contribution in [0.25, 0.3) is 5.73 Å². The van der Waals surface area contributed by atoms with E-state index in [0.717, 1.165) is 6.26 Å². The first kappa shape index (κ1) is 12.1. The standard InChI is InChI=1S/C7H8NO2S.Y/c1-11(9,10)7-4-2-3-6(8)5-7;/h2-5,8H,1H3;/q-1;. The molecule has 0 unspecified atom stereocenters. The molecule has 1 aromatic carbocycles. The van der Waals surface area contributed by atoms with Crippen molar-refractivity contribution in [2.24, 2.45) is 0 Å². The molecule has 1 rings (SSSR count). The number of rotatable bonds is 1. The predicted octanol–water partition coefficient (Wildman–Crippen LogP) is 1.77. The van der Waals surface area contributed by atoms with Crippen molar-refractivity contribution in [1.82, 2.24) is 0 Å². The van der Waals surface area contributed by atoms with Crippen LogP contribution in [0.15, 0.2) is 29.2 Å². The normalized spacial score (nSPS) is 10.4. The average molecular weight is 259 g/mol. The zero-order valence-corrected chi connectivity index (χ0v) is 10.3. The van der Waals surface area contributed by atoms with Crippen molar-refractivity contribution in [2.75, 3.05) is 6.26 Å². The maximum atomic E-state index is 10.9. The van der Waals surface area contributed by atoms with Crippen molar-refractivity contribution in [3.63, 3.8) is 0 Å². The van der Waals surface area contributed by atoms with E-state index in [1.165, 1.54) is 18.2 Å². The minimum Gasteiger partial charge on any atom is -0.699 e. The molecule has 5 heteroatoms. The van der Waals surface area contributed by atoms with Crippen LogP contribution >= 0.6 is 0 Å². The van der Waals surface area contributed by atoms with E-state index in [2.05, 4.69) is 0 Å². The van der Waals surface area contributed by atoms with Crippen LogP contribution in [-0.2, 0) is 42.5 Å². The number of sulfone groups is 1. The molecule has 63 valence electrons. The topological polar surface area (TPSA) is 57.9 Å². The van der Waals surface area contributed by atoms with Crippen molar-refractivity contribution in [2.45, 2.75) is 4.90 Å². The fraction of sp³-hybridized carbons (Fsp3) is 0.143. The fourth-order valence-corrected chi connectivity index (χ4v) is 1.39. The SMILES string of the molecule is CS(=O)(=O)c1cccc([NH-])c1.[Y]. The molecule has 0 spiro atoms. The Bertz CT molecular complexity index is 361. The van der Waals surface area contributed by atoms with Crippen LogP contribution in [0.3, 0.4) is 0 Å². The van der Waals surface area contributed by atoms with Gasteiger partial charge in [0.1, 0.15) is 0 Å². The molecule has 0 saturated heterocycles. The molecule has 1 aromatic rings. The molecule has 1 radical (unpaired) electrons. The Morgan fingerprint density at radius 2 is 1.92 bits per heavy atom. The predicted molar refractivity (Wildman–Crippen MR) is 43.5 cm³/mol. The van der Waals surface area contributed by atoms with Crippen LogP contribution < -0.4 is 0 Å². The number of hydrogen-bond acceptors (Lipinski definition) is 2. The maximum Gasteiger partial charge on any atom is 0.175 e. The number of hydrogen-bond donors (Lipinski definition) is 0. The Hall–Kier alpha value is 0.0739. The molecule has 12 heavy (non-hydrogen) atoms. The van der Waals surface area contributed by atoms with Gasteiger partial charge in [0, 0.05) is 39.0 Å². The van der Waals surface area contributed by atoms with Crippen LogP contribution in [0.1, 0.15) is 0 Å². The molecule has 3 nitrogen and oxygen atoms in total. The quantitative estimate of drug-likeness (QED) is 0.771. The number of benzene rings is 1. The van der Waals surface area contributed by atoms with E-state index in [0.29, 0.717) is 0 Å². The molecule has 0 heterocycles. The Balaban J connectivity index is 0.00000121. The summed E-state index contributed by atoms with van der Waals surface area (Å²) in [5.74, 6) is 0. The van der Waals surface area contributed by atoms with Crippen molar-refractivity contribution < 1.29 is 41.1 Å². The molecule has 0 aliphatic heterocycles. The third kappa shape index (κ3) is 3.21. The van der Waals surface area contributed by atoms with E-state index in [-0.39, 0.29) is 43.3 Å². The summed E-state index contributed by atoms with van der Waals surface area (Å²) in [6.45, 7) is 0. The van der Waals surface area contributed by atoms with E-state index < -0.39 is 9.84 Å². The molecular weight excluding hydrogens is 251 g/mol. The van der Waals surface area contributed by atoms with Gasteiger partial charge in [-0.1, -0.05) is 18.2 Å². The molecule has 0 aliphatic carbocycles. The Kier molecular flexibility index (Phi) is 4.38. The van der Waals surface area contributed by atoms with Crippen molar-refractivity contribution >= 4 is 15.5 Å². The van der Waals surface area contributed by atoms with Gasteiger partial charge in [0.05, 0.1) is 4.90 Å². The summed E-state index contributed by atoms with van der Waals surface area (Å²) in [5, 5.41) is 0. The van der Waals surface area contributed by atoms with Gasteiger partial charge in [-0.2, -0.15) is 0 Å². The zero-order valence-electron chi connectivity index (χ0n) is 6.61. The molecule has 0 aliphatic rings. The summed E-state index contributed by atoms with van der Waals surface area (Å²) in [7, 11) is -3.15. The zero-order chi connectivity index (χ0) is 8.48. The first-order valence-corrected chi connectivity index (χ1v) is 4.91. The van der Waals surface area contributed by atoms with Crippen molar-refractivity contribution in [3.05, 3.63) is 30.0 Å². The monoisotopic (exact) mass is 259 g/mol. The van der Waals surface area contributed by atoms with Crippen LogP contribution in [0.2, 0.25) is 0 Å². The summed E-state index contributed by atoms with van der Waals surface area (Å²) in [6, 6.07) is 5.90. The molecule has 0 amide bonds. The number of nitrogens with one attached hydrogen (secondary N) is 1. The molecule has 0 aromatic heterocycles. The van der Waals surface area contributed by atoms with E-state index in [1.54, 1.807) is 6.07 Å². The fourth-order valence-electron chi connectivity index (χ4n) is 0.727. The molecule has 0 fully saturated rings. The second-order valence-corrected chi connectivity index (χ2v) is 4.32. The third-order valence-corrected chi connectivity index (χ3v) is 2.37. The van der Waals surface area contributed by atoms with Crippen LogP contribution in [0.5, 0.6) is 0 Å². The Morgan fingerprint density at radius 3 is 2.25 bits per heavy atom. The van der Waals surface area contributed by atoms with Crippen LogP contribution in [0, 0.1) is 0 Å². The molecule has 0 saturated carbocycles. The van der Waals surface area contributed by atoms with Crippen LogP contribution in [0.4, 0.5) is 5.69 Å². The van der Waals surface area contributed by atoms with Gasteiger partial charge in [-0.15, -0.1) is 5.69 Å². The van der Waals surface area contributed by atoms with E-state index in [4.69, 9.17) is 5.73 Å². The van der Waals surface area contributed by atoms with Gasteiger partial charge in [-0.3, -0.25) is 0 Å². The van der Waals surface area contributed by atoms with Crippen molar-refractivity contribution in [3.8, 4) is 0 Å². The first-order chi connectivity index (χ1) is 5.00. The second kappa shape index (κ2) is 4.35. The van der Waals surface area contributed by atoms with E-state index >= 15 is 0 Å². The van der Waals surface area contributed by atoms with Crippen molar-refractivity contribution in [1.29, 1.82) is 0 Å². The van der Waals surface area contributed by atoms with Crippen LogP contribution in [-0.4, -0.2) is 14.7 Å². The van der Waals surface area contributed by atoms with E-state index in [9.17, 15) is 8.42 Å². The summed E-state index contributed by atoms with van der Waals surface area (Å²) in [5.41, 5.74) is 7.37. The summed E-state index contributed by atoms with van der Waals surface area (Å²) >= 11 is 0. The van der Waals surface area contributed by atoms with Gasteiger partial charge >= 0.3 is 0 Å². The van der Waals surface area contributed by atoms with Gasteiger partial charge in [-0.25, -0.2) is 8.42 Å². The Morgan fingerprint density at radius 1 is 1.33 bits per heavy atom. The maximum absolute atomic E-state index is 10.9. The largest absolute Gasteiger partial charge is 0.699 e. The van der Waals surface area contributed by atoms with Gasteiger partial charge in [0.2, 0.25) is 0 Å². The average Bonchev–Trinajstić information content (AvgIpc) is 1.86. The summed E-state index contributed by atoms with van der Waals surface area (Å²) in [4.78, 5) is 0.199. The second-order valence-electron chi connectivity index (χ2n) is 2.30. The molecule has 0 bridgehead atoms. The van der Waals surface area contributed by atoms with Gasteiger partial charge in [-0.05, 0) is 6.07 Å². The van der Waals surface area contributed by atoms with E-state index in [1.807, 2.05) is 0 Å².